The van der Waals surface area contributed by atoms with Crippen molar-refractivity contribution in [2.75, 3.05) is 11.9 Å². The lowest BCUT2D eigenvalue weighted by Gasteiger charge is -2.20. The third kappa shape index (κ3) is 4.20. The largest absolute Gasteiger partial charge is 0.319 e. The van der Waals surface area contributed by atoms with Crippen LogP contribution in [-0.2, 0) is 18.4 Å². The number of benzene rings is 1. The van der Waals surface area contributed by atoms with Gasteiger partial charge >= 0.3 is 0 Å². The van der Waals surface area contributed by atoms with Crippen molar-refractivity contribution in [3.05, 3.63) is 56.5 Å². The molecule has 0 fully saturated rings. The van der Waals surface area contributed by atoms with Gasteiger partial charge in [0.1, 0.15) is 17.2 Å². The average molecular weight is 395 g/mol. The standard InChI is InChI=1S/C19H23FN4O2.ClH/c1-10-14(17(26)24-18(22-10)19(2,3)4)16(25)23-13-6-5-11-9-21-8-7-12(11)15(13)20;/h5-6,21H,7-9H2,1-4H3,(H,23,25)(H,22,24,26);1H. The number of hydrogen-bond donors (Lipinski definition) is 3. The minimum Gasteiger partial charge on any atom is -0.319 e. The monoisotopic (exact) mass is 394 g/mol. The number of nitrogens with zero attached hydrogens (tertiary/aromatic N) is 1. The summed E-state index contributed by atoms with van der Waals surface area (Å²) in [4.78, 5) is 32.0. The van der Waals surface area contributed by atoms with Crippen molar-refractivity contribution < 1.29 is 9.18 Å². The average Bonchev–Trinajstić information content (AvgIpc) is 2.56. The van der Waals surface area contributed by atoms with E-state index in [2.05, 4.69) is 20.6 Å². The third-order valence-corrected chi connectivity index (χ3v) is 4.49. The number of carbonyl (C=O) groups excluding carboxylic acids is 1. The lowest BCUT2D eigenvalue weighted by molar-refractivity contribution is 0.102. The van der Waals surface area contributed by atoms with Crippen LogP contribution in [0.15, 0.2) is 16.9 Å². The predicted octanol–water partition coefficient (Wildman–Crippen LogP) is 2.83. The topological polar surface area (TPSA) is 86.9 Å². The maximum Gasteiger partial charge on any atom is 0.264 e. The number of fused-ring (bicyclic) bond motifs is 1. The summed E-state index contributed by atoms with van der Waals surface area (Å²) in [6.45, 7) is 8.66. The number of aromatic nitrogens is 2. The quantitative estimate of drug-likeness (QED) is 0.731. The van der Waals surface area contributed by atoms with E-state index in [4.69, 9.17) is 0 Å². The number of amides is 1. The zero-order valence-corrected chi connectivity index (χ0v) is 16.6. The minimum absolute atomic E-state index is 0. The molecule has 1 aromatic carbocycles. The Morgan fingerprint density at radius 3 is 2.63 bits per heavy atom. The van der Waals surface area contributed by atoms with E-state index in [9.17, 15) is 14.0 Å². The first-order valence-electron chi connectivity index (χ1n) is 8.62. The van der Waals surface area contributed by atoms with Crippen LogP contribution in [0.5, 0.6) is 0 Å². The van der Waals surface area contributed by atoms with Gasteiger partial charge < -0.3 is 15.6 Å². The molecule has 0 bridgehead atoms. The summed E-state index contributed by atoms with van der Waals surface area (Å²) in [5.74, 6) is -0.598. The van der Waals surface area contributed by atoms with Crippen LogP contribution in [0.3, 0.4) is 0 Å². The van der Waals surface area contributed by atoms with E-state index < -0.39 is 17.3 Å². The number of aryl methyl sites for hydroxylation is 1. The van der Waals surface area contributed by atoms with Gasteiger partial charge in [-0.05, 0) is 37.1 Å². The fourth-order valence-electron chi connectivity index (χ4n) is 3.02. The van der Waals surface area contributed by atoms with Crippen molar-refractivity contribution in [2.45, 2.75) is 46.1 Å². The highest BCUT2D eigenvalue weighted by Crippen LogP contribution is 2.25. The van der Waals surface area contributed by atoms with E-state index in [1.54, 1.807) is 13.0 Å². The van der Waals surface area contributed by atoms with Crippen molar-refractivity contribution in [3.63, 3.8) is 0 Å². The normalized spacial score (nSPS) is 13.5. The molecule has 0 saturated heterocycles. The summed E-state index contributed by atoms with van der Waals surface area (Å²) >= 11 is 0. The van der Waals surface area contributed by atoms with Gasteiger partial charge in [-0.25, -0.2) is 9.37 Å². The van der Waals surface area contributed by atoms with Crippen LogP contribution in [0.2, 0.25) is 0 Å². The number of carbonyl (C=O) groups is 1. The second kappa shape index (κ2) is 7.78. The van der Waals surface area contributed by atoms with E-state index in [1.165, 1.54) is 6.07 Å². The SMILES string of the molecule is Cc1nc(C(C)(C)C)[nH]c(=O)c1C(=O)Nc1ccc2c(c1F)CCNC2.Cl. The number of aromatic amines is 1. The molecule has 1 amide bonds. The highest BCUT2D eigenvalue weighted by molar-refractivity contribution is 6.04. The van der Waals surface area contributed by atoms with Crippen molar-refractivity contribution in [2.24, 2.45) is 0 Å². The van der Waals surface area contributed by atoms with Crippen LogP contribution in [-0.4, -0.2) is 22.4 Å². The Labute approximate surface area is 163 Å². The molecule has 2 aromatic rings. The Bertz CT molecular complexity index is 935. The zero-order chi connectivity index (χ0) is 19.1. The summed E-state index contributed by atoms with van der Waals surface area (Å²) in [7, 11) is 0. The number of halogens is 2. The van der Waals surface area contributed by atoms with Gasteiger partial charge in [0.15, 0.2) is 0 Å². The van der Waals surface area contributed by atoms with E-state index in [-0.39, 0.29) is 29.1 Å². The first-order valence-corrected chi connectivity index (χ1v) is 8.62. The third-order valence-electron chi connectivity index (χ3n) is 4.49. The Morgan fingerprint density at radius 2 is 2.00 bits per heavy atom. The molecule has 0 radical (unpaired) electrons. The number of nitrogens with one attached hydrogen (secondary N) is 3. The first kappa shape index (κ1) is 21.1. The van der Waals surface area contributed by atoms with Crippen LogP contribution in [0.1, 0.15) is 53.8 Å². The van der Waals surface area contributed by atoms with Crippen LogP contribution in [0.25, 0.3) is 0 Å². The molecule has 3 N–H and O–H groups in total. The lowest BCUT2D eigenvalue weighted by atomic mass is 9.95. The Kier molecular flexibility index (Phi) is 6.07. The molecule has 0 unspecified atom stereocenters. The van der Waals surface area contributed by atoms with Crippen molar-refractivity contribution in [1.82, 2.24) is 15.3 Å². The molecule has 0 spiro atoms. The number of H-pyrrole nitrogens is 1. The molecule has 0 saturated carbocycles. The second-order valence-corrected chi connectivity index (χ2v) is 7.57. The molecular formula is C19H24ClFN4O2. The van der Waals surface area contributed by atoms with Crippen molar-refractivity contribution in [1.29, 1.82) is 0 Å². The Hall–Kier alpha value is -2.25. The molecule has 27 heavy (non-hydrogen) atoms. The second-order valence-electron chi connectivity index (χ2n) is 7.57. The molecule has 8 heteroatoms. The summed E-state index contributed by atoms with van der Waals surface area (Å²) in [6.07, 6.45) is 0.562. The molecule has 146 valence electrons. The summed E-state index contributed by atoms with van der Waals surface area (Å²) in [6, 6.07) is 3.32. The van der Waals surface area contributed by atoms with Crippen LogP contribution >= 0.6 is 12.4 Å². The molecular weight excluding hydrogens is 371 g/mol. The molecule has 1 aliphatic heterocycles. The van der Waals surface area contributed by atoms with Gasteiger partial charge in [-0.3, -0.25) is 9.59 Å². The maximum absolute atomic E-state index is 14.7. The van der Waals surface area contributed by atoms with Crippen molar-refractivity contribution in [3.8, 4) is 0 Å². The fraction of sp³-hybridized carbons (Fsp3) is 0.421. The highest BCUT2D eigenvalue weighted by atomic mass is 35.5. The number of anilines is 1. The summed E-state index contributed by atoms with van der Waals surface area (Å²) in [5, 5.41) is 5.70. The summed E-state index contributed by atoms with van der Waals surface area (Å²) < 4.78 is 14.7. The van der Waals surface area contributed by atoms with Gasteiger partial charge in [-0.1, -0.05) is 26.8 Å². The maximum atomic E-state index is 14.7. The molecule has 1 aliphatic rings. The molecule has 6 nitrogen and oxygen atoms in total. The Morgan fingerprint density at radius 1 is 1.30 bits per heavy atom. The molecule has 0 atom stereocenters. The molecule has 0 aliphatic carbocycles. The lowest BCUT2D eigenvalue weighted by Crippen LogP contribution is -2.30. The van der Waals surface area contributed by atoms with Gasteiger partial charge in [0.2, 0.25) is 0 Å². The Balaban J connectivity index is 0.00000261. The van der Waals surface area contributed by atoms with Gasteiger partial charge in [-0.15, -0.1) is 12.4 Å². The van der Waals surface area contributed by atoms with Crippen LogP contribution in [0, 0.1) is 12.7 Å². The van der Waals surface area contributed by atoms with Crippen LogP contribution < -0.4 is 16.2 Å². The smallest absolute Gasteiger partial charge is 0.264 e. The minimum atomic E-state index is -0.663. The molecule has 3 rings (SSSR count). The molecule has 2 heterocycles. The first-order chi connectivity index (χ1) is 12.2. The molecule has 1 aromatic heterocycles. The zero-order valence-electron chi connectivity index (χ0n) is 15.8. The van der Waals surface area contributed by atoms with Gasteiger partial charge in [0.25, 0.3) is 11.5 Å². The van der Waals surface area contributed by atoms with E-state index in [0.717, 1.165) is 5.56 Å². The van der Waals surface area contributed by atoms with Gasteiger partial charge in [0.05, 0.1) is 11.4 Å². The van der Waals surface area contributed by atoms with E-state index in [0.29, 0.717) is 36.6 Å². The fourth-order valence-corrected chi connectivity index (χ4v) is 3.02. The van der Waals surface area contributed by atoms with E-state index in [1.807, 2.05) is 20.8 Å². The number of hydrogen-bond acceptors (Lipinski definition) is 4. The summed E-state index contributed by atoms with van der Waals surface area (Å²) in [5.41, 5.74) is 0.912. The number of rotatable bonds is 2. The van der Waals surface area contributed by atoms with Crippen LogP contribution in [0.4, 0.5) is 10.1 Å². The predicted molar refractivity (Wildman–Crippen MR) is 105 cm³/mol. The van der Waals surface area contributed by atoms with Gasteiger partial charge in [0, 0.05) is 12.0 Å². The van der Waals surface area contributed by atoms with Crippen molar-refractivity contribution >= 4 is 24.0 Å². The van der Waals surface area contributed by atoms with E-state index >= 15 is 0 Å². The highest BCUT2D eigenvalue weighted by Gasteiger charge is 2.23. The van der Waals surface area contributed by atoms with Gasteiger partial charge in [-0.2, -0.15) is 0 Å².